The Bertz CT molecular complexity index is 1560. The number of amides is 1. The molecule has 0 fully saturated rings. The van der Waals surface area contributed by atoms with Crippen LogP contribution in [0.25, 0.3) is 0 Å². The summed E-state index contributed by atoms with van der Waals surface area (Å²) in [7, 11) is -2.39. The number of sulfonamides is 1. The molecule has 0 spiro atoms. The fourth-order valence-corrected chi connectivity index (χ4v) is 5.59. The van der Waals surface area contributed by atoms with E-state index < -0.39 is 22.5 Å². The number of carbonyl (C=O) groups excluding carboxylic acids is 1. The minimum absolute atomic E-state index is 0.103. The Balaban J connectivity index is 1.41. The fraction of sp³-hybridized carbons (Fsp3) is 0.161. The molecule has 41 heavy (non-hydrogen) atoms. The normalized spacial score (nSPS) is 11.5. The van der Waals surface area contributed by atoms with Crippen molar-refractivity contribution in [1.82, 2.24) is 9.73 Å². The van der Waals surface area contributed by atoms with Gasteiger partial charge in [-0.25, -0.2) is 13.8 Å². The average Bonchev–Trinajstić information content (AvgIpc) is 2.99. The number of hydrazone groups is 1. The molecule has 4 aromatic carbocycles. The number of ether oxygens (including phenoxy) is 2. The van der Waals surface area contributed by atoms with Crippen LogP contribution in [0, 0.1) is 0 Å². The molecule has 4 rings (SSSR count). The van der Waals surface area contributed by atoms with Crippen LogP contribution in [0.5, 0.6) is 11.5 Å². The quantitative estimate of drug-likeness (QED) is 0.156. The first-order valence-electron chi connectivity index (χ1n) is 12.8. The highest BCUT2D eigenvalue weighted by Crippen LogP contribution is 2.28. The van der Waals surface area contributed by atoms with Crippen LogP contribution in [0.1, 0.15) is 16.7 Å². The molecule has 0 radical (unpaired) electrons. The maximum absolute atomic E-state index is 13.4. The smallest absolute Gasteiger partial charge is 0.255 e. The lowest BCUT2D eigenvalue weighted by molar-refractivity contribution is -0.121. The zero-order valence-electron chi connectivity index (χ0n) is 22.4. The van der Waals surface area contributed by atoms with E-state index >= 15 is 0 Å². The number of carbonyl (C=O) groups is 1. The van der Waals surface area contributed by atoms with E-state index in [1.165, 1.54) is 18.3 Å². The molecule has 1 amide bonds. The number of nitrogens with one attached hydrogen (secondary N) is 1. The Kier molecular flexibility index (Phi) is 10.7. The molecule has 0 heterocycles. The molecule has 1 N–H and O–H groups in total. The van der Waals surface area contributed by atoms with Gasteiger partial charge in [-0.2, -0.15) is 9.41 Å². The van der Waals surface area contributed by atoms with E-state index in [2.05, 4.69) is 26.5 Å². The molecule has 0 unspecified atom stereocenters. The minimum Gasteiger partial charge on any atom is -0.493 e. The molecule has 0 saturated heterocycles. The Morgan fingerprint density at radius 3 is 2.22 bits per heavy atom. The molecular formula is C31H30BrN3O5S. The van der Waals surface area contributed by atoms with Gasteiger partial charge in [0.05, 0.1) is 24.8 Å². The summed E-state index contributed by atoms with van der Waals surface area (Å²) in [5.74, 6) is 0.526. The maximum Gasteiger partial charge on any atom is 0.255 e. The molecule has 10 heteroatoms. The van der Waals surface area contributed by atoms with E-state index in [-0.39, 0.29) is 11.4 Å². The van der Waals surface area contributed by atoms with Gasteiger partial charge in [0.2, 0.25) is 10.0 Å². The van der Waals surface area contributed by atoms with Gasteiger partial charge in [-0.15, -0.1) is 0 Å². The Hall–Kier alpha value is -3.99. The molecule has 0 aliphatic heterocycles. The number of benzene rings is 4. The zero-order valence-corrected chi connectivity index (χ0v) is 24.8. The molecule has 0 aliphatic rings. The molecule has 0 saturated carbocycles. The molecular weight excluding hydrogens is 606 g/mol. The summed E-state index contributed by atoms with van der Waals surface area (Å²) < 4.78 is 40.1. The number of methoxy groups -OCH3 is 1. The number of hydrogen-bond donors (Lipinski definition) is 1. The van der Waals surface area contributed by atoms with Crippen molar-refractivity contribution in [2.75, 3.05) is 20.2 Å². The third kappa shape index (κ3) is 8.75. The van der Waals surface area contributed by atoms with Gasteiger partial charge in [-0.1, -0.05) is 76.6 Å². The lowest BCUT2D eigenvalue weighted by Crippen LogP contribution is -2.40. The number of halogens is 1. The van der Waals surface area contributed by atoms with Gasteiger partial charge in [0, 0.05) is 11.0 Å². The van der Waals surface area contributed by atoms with Crippen molar-refractivity contribution in [3.8, 4) is 11.5 Å². The minimum atomic E-state index is -3.93. The van der Waals surface area contributed by atoms with E-state index in [0.29, 0.717) is 30.1 Å². The Morgan fingerprint density at radius 1 is 0.902 bits per heavy atom. The third-order valence-corrected chi connectivity index (χ3v) is 8.48. The molecule has 8 nitrogen and oxygen atoms in total. The van der Waals surface area contributed by atoms with Crippen LogP contribution < -0.4 is 14.9 Å². The summed E-state index contributed by atoms with van der Waals surface area (Å²) in [5, 5.41) is 4.03. The first-order valence-corrected chi connectivity index (χ1v) is 15.0. The van der Waals surface area contributed by atoms with E-state index in [1.54, 1.807) is 37.4 Å². The molecule has 0 aromatic heterocycles. The summed E-state index contributed by atoms with van der Waals surface area (Å²) >= 11 is 3.33. The summed E-state index contributed by atoms with van der Waals surface area (Å²) in [5.41, 5.74) is 5.10. The second-order valence-electron chi connectivity index (χ2n) is 9.01. The van der Waals surface area contributed by atoms with Crippen LogP contribution >= 0.6 is 15.9 Å². The van der Waals surface area contributed by atoms with Crippen LogP contribution in [0.15, 0.2) is 118 Å². The Labute approximate surface area is 248 Å². The lowest BCUT2D eigenvalue weighted by atomic mass is 10.1. The average molecular weight is 637 g/mol. The van der Waals surface area contributed by atoms with Gasteiger partial charge in [0.1, 0.15) is 6.61 Å². The predicted molar refractivity (Wildman–Crippen MR) is 163 cm³/mol. The van der Waals surface area contributed by atoms with Crippen molar-refractivity contribution in [2.24, 2.45) is 5.10 Å². The van der Waals surface area contributed by atoms with Crippen molar-refractivity contribution in [1.29, 1.82) is 0 Å². The second kappa shape index (κ2) is 14.6. The second-order valence-corrected chi connectivity index (χ2v) is 11.9. The number of nitrogens with zero attached hydrogens (tertiary/aromatic N) is 2. The monoisotopic (exact) mass is 635 g/mol. The van der Waals surface area contributed by atoms with Crippen LogP contribution in [-0.2, 0) is 27.8 Å². The van der Waals surface area contributed by atoms with Crippen molar-refractivity contribution < 1.29 is 22.7 Å². The first kappa shape index (κ1) is 30.0. The van der Waals surface area contributed by atoms with Crippen LogP contribution in [0.2, 0.25) is 0 Å². The highest BCUT2D eigenvalue weighted by Gasteiger charge is 2.26. The standard InChI is InChI=1S/C31H30BrN3O5S/c1-39-30-20-26(12-17-29(30)40-23-25-10-6-3-7-11-25)21-33-34-31(36)22-35(19-18-24-8-4-2-5-9-24)41(37,38)28-15-13-27(32)14-16-28/h2-17,20-21H,18-19,22-23H2,1H3,(H,34,36)/b33-21-. The van der Waals surface area contributed by atoms with Crippen LogP contribution in [0.3, 0.4) is 0 Å². The van der Waals surface area contributed by atoms with Gasteiger partial charge in [0.15, 0.2) is 11.5 Å². The summed E-state index contributed by atoms with van der Waals surface area (Å²) in [6.45, 7) is 0.129. The van der Waals surface area contributed by atoms with Crippen molar-refractivity contribution in [3.63, 3.8) is 0 Å². The largest absolute Gasteiger partial charge is 0.493 e. The summed E-state index contributed by atoms with van der Waals surface area (Å²) in [6.07, 6.45) is 1.91. The summed E-state index contributed by atoms with van der Waals surface area (Å²) in [4.78, 5) is 12.9. The summed E-state index contributed by atoms with van der Waals surface area (Å²) in [6, 6.07) is 30.9. The molecule has 4 aromatic rings. The van der Waals surface area contributed by atoms with Gasteiger partial charge >= 0.3 is 0 Å². The highest BCUT2D eigenvalue weighted by molar-refractivity contribution is 9.10. The fourth-order valence-electron chi connectivity index (χ4n) is 3.93. The van der Waals surface area contributed by atoms with E-state index in [1.807, 2.05) is 60.7 Å². The molecule has 0 aliphatic carbocycles. The van der Waals surface area contributed by atoms with Gasteiger partial charge in [0.25, 0.3) is 5.91 Å². The zero-order chi connectivity index (χ0) is 29.1. The molecule has 0 bridgehead atoms. The van der Waals surface area contributed by atoms with Gasteiger partial charge in [-0.05, 0) is 65.6 Å². The highest BCUT2D eigenvalue weighted by atomic mass is 79.9. The SMILES string of the molecule is COc1cc(/C=N\NC(=O)CN(CCc2ccccc2)S(=O)(=O)c2ccc(Br)cc2)ccc1OCc1ccccc1. The van der Waals surface area contributed by atoms with Crippen molar-refractivity contribution >= 4 is 38.1 Å². The number of rotatable bonds is 13. The van der Waals surface area contributed by atoms with Gasteiger partial charge < -0.3 is 9.47 Å². The van der Waals surface area contributed by atoms with E-state index in [4.69, 9.17) is 9.47 Å². The molecule has 212 valence electrons. The topological polar surface area (TPSA) is 97.3 Å². The first-order chi connectivity index (χ1) is 19.8. The van der Waals surface area contributed by atoms with E-state index in [0.717, 1.165) is 19.9 Å². The van der Waals surface area contributed by atoms with Crippen LogP contribution in [-0.4, -0.2) is 45.0 Å². The third-order valence-electron chi connectivity index (χ3n) is 6.09. The van der Waals surface area contributed by atoms with Crippen molar-refractivity contribution in [2.45, 2.75) is 17.9 Å². The van der Waals surface area contributed by atoms with Crippen molar-refractivity contribution in [3.05, 3.63) is 124 Å². The van der Waals surface area contributed by atoms with E-state index in [9.17, 15) is 13.2 Å². The Morgan fingerprint density at radius 2 is 1.56 bits per heavy atom. The predicted octanol–water partition coefficient (Wildman–Crippen LogP) is 5.42. The lowest BCUT2D eigenvalue weighted by Gasteiger charge is -2.21. The van der Waals surface area contributed by atoms with Gasteiger partial charge in [-0.3, -0.25) is 4.79 Å². The number of hydrogen-bond acceptors (Lipinski definition) is 6. The molecule has 0 atom stereocenters. The maximum atomic E-state index is 13.4. The van der Waals surface area contributed by atoms with Crippen LogP contribution in [0.4, 0.5) is 0 Å².